The van der Waals surface area contributed by atoms with Gasteiger partial charge in [-0.2, -0.15) is 11.3 Å². The van der Waals surface area contributed by atoms with Gasteiger partial charge in [0.1, 0.15) is 5.78 Å². The number of rotatable bonds is 3. The zero-order chi connectivity index (χ0) is 10.7. The third-order valence-electron chi connectivity index (χ3n) is 2.26. The summed E-state index contributed by atoms with van der Waals surface area (Å²) in [5, 5.41) is 4.19. The molecule has 1 heterocycles. The maximum Gasteiger partial charge on any atom is 0.134 e. The van der Waals surface area contributed by atoms with Crippen molar-refractivity contribution < 1.29 is 4.79 Å². The van der Waals surface area contributed by atoms with Crippen LogP contribution >= 0.6 is 11.3 Å². The van der Waals surface area contributed by atoms with Crippen LogP contribution in [0.25, 0.3) is 11.1 Å². The summed E-state index contributed by atoms with van der Waals surface area (Å²) in [6.07, 6.45) is 0.532. The monoisotopic (exact) mass is 216 g/mol. The predicted molar refractivity (Wildman–Crippen MR) is 64.1 cm³/mol. The van der Waals surface area contributed by atoms with Crippen molar-refractivity contribution >= 4 is 17.1 Å². The van der Waals surface area contributed by atoms with Gasteiger partial charge in [0.05, 0.1) is 0 Å². The third kappa shape index (κ3) is 2.54. The zero-order valence-corrected chi connectivity index (χ0v) is 9.38. The second-order valence-corrected chi connectivity index (χ2v) is 4.37. The number of ketones is 1. The van der Waals surface area contributed by atoms with Crippen LogP contribution in [-0.4, -0.2) is 5.78 Å². The summed E-state index contributed by atoms with van der Waals surface area (Å²) in [7, 11) is 0. The van der Waals surface area contributed by atoms with Crippen molar-refractivity contribution in [1.82, 2.24) is 0 Å². The van der Waals surface area contributed by atoms with E-state index in [1.165, 1.54) is 11.1 Å². The van der Waals surface area contributed by atoms with Crippen LogP contribution < -0.4 is 0 Å². The largest absolute Gasteiger partial charge is 0.300 e. The first-order valence-corrected chi connectivity index (χ1v) is 5.81. The highest BCUT2D eigenvalue weighted by Gasteiger charge is 2.00. The molecule has 0 aliphatic carbocycles. The van der Waals surface area contributed by atoms with E-state index < -0.39 is 0 Å². The number of benzene rings is 1. The molecule has 2 heteroatoms. The van der Waals surface area contributed by atoms with Gasteiger partial charge < -0.3 is 0 Å². The number of hydrogen-bond donors (Lipinski definition) is 0. The Morgan fingerprint density at radius 2 is 1.87 bits per heavy atom. The van der Waals surface area contributed by atoms with Crippen molar-refractivity contribution in [3.63, 3.8) is 0 Å². The second-order valence-electron chi connectivity index (χ2n) is 3.59. The molecule has 0 radical (unpaired) electrons. The Morgan fingerprint density at radius 1 is 1.13 bits per heavy atom. The average Bonchev–Trinajstić information content (AvgIpc) is 2.71. The Bertz CT molecular complexity index is 440. The Kier molecular flexibility index (Phi) is 2.97. The lowest BCUT2D eigenvalue weighted by Crippen LogP contribution is -1.95. The van der Waals surface area contributed by atoms with E-state index in [0.717, 1.165) is 5.56 Å². The molecule has 0 aliphatic rings. The lowest BCUT2D eigenvalue weighted by atomic mass is 10.0. The van der Waals surface area contributed by atoms with Gasteiger partial charge >= 0.3 is 0 Å². The molecule has 0 saturated carbocycles. The maximum absolute atomic E-state index is 10.9. The topological polar surface area (TPSA) is 17.1 Å². The van der Waals surface area contributed by atoms with Gasteiger partial charge in [-0.3, -0.25) is 4.79 Å². The first kappa shape index (κ1) is 10.1. The molecule has 0 aliphatic heterocycles. The molecule has 0 saturated heterocycles. The molecule has 1 nitrogen and oxygen atoms in total. The minimum atomic E-state index is 0.207. The summed E-state index contributed by atoms with van der Waals surface area (Å²) in [5.41, 5.74) is 3.54. The van der Waals surface area contributed by atoms with E-state index in [1.54, 1.807) is 18.3 Å². The molecule has 0 bridgehead atoms. The van der Waals surface area contributed by atoms with E-state index in [0.29, 0.717) is 6.42 Å². The zero-order valence-electron chi connectivity index (χ0n) is 8.57. The molecule has 0 fully saturated rings. The van der Waals surface area contributed by atoms with E-state index in [2.05, 4.69) is 29.0 Å². The summed E-state index contributed by atoms with van der Waals surface area (Å²) >= 11 is 1.70. The van der Waals surface area contributed by atoms with Crippen LogP contribution in [0.1, 0.15) is 12.5 Å². The van der Waals surface area contributed by atoms with Crippen molar-refractivity contribution in [3.8, 4) is 11.1 Å². The molecule has 1 aromatic heterocycles. The summed E-state index contributed by atoms with van der Waals surface area (Å²) in [5.74, 6) is 0.207. The van der Waals surface area contributed by atoms with Crippen molar-refractivity contribution in [2.45, 2.75) is 13.3 Å². The van der Waals surface area contributed by atoms with E-state index in [9.17, 15) is 4.79 Å². The van der Waals surface area contributed by atoms with E-state index in [1.807, 2.05) is 12.1 Å². The first-order valence-electron chi connectivity index (χ1n) is 4.86. The average molecular weight is 216 g/mol. The lowest BCUT2D eigenvalue weighted by molar-refractivity contribution is -0.116. The minimum Gasteiger partial charge on any atom is -0.300 e. The van der Waals surface area contributed by atoms with E-state index in [4.69, 9.17) is 0 Å². The highest BCUT2D eigenvalue weighted by Crippen LogP contribution is 2.22. The highest BCUT2D eigenvalue weighted by atomic mass is 32.1. The SMILES string of the molecule is CC(=O)Cc1ccc(-c2ccsc2)cc1. The Labute approximate surface area is 93.4 Å². The summed E-state index contributed by atoms with van der Waals surface area (Å²) in [6.45, 7) is 1.62. The molecule has 0 atom stereocenters. The van der Waals surface area contributed by atoms with Crippen molar-refractivity contribution in [2.24, 2.45) is 0 Å². The second kappa shape index (κ2) is 4.41. The summed E-state index contributed by atoms with van der Waals surface area (Å²) in [4.78, 5) is 10.9. The Hall–Kier alpha value is -1.41. The van der Waals surface area contributed by atoms with Crippen molar-refractivity contribution in [1.29, 1.82) is 0 Å². The Morgan fingerprint density at radius 3 is 2.40 bits per heavy atom. The smallest absolute Gasteiger partial charge is 0.134 e. The van der Waals surface area contributed by atoms with E-state index >= 15 is 0 Å². The maximum atomic E-state index is 10.9. The third-order valence-corrected chi connectivity index (χ3v) is 2.94. The molecule has 76 valence electrons. The molecule has 15 heavy (non-hydrogen) atoms. The highest BCUT2D eigenvalue weighted by molar-refractivity contribution is 7.08. The van der Waals surface area contributed by atoms with Gasteiger partial charge in [-0.1, -0.05) is 24.3 Å². The van der Waals surface area contributed by atoms with Crippen LogP contribution in [0.15, 0.2) is 41.1 Å². The van der Waals surface area contributed by atoms with Gasteiger partial charge in [-0.15, -0.1) is 0 Å². The molecule has 0 spiro atoms. The van der Waals surface area contributed by atoms with Crippen molar-refractivity contribution in [3.05, 3.63) is 46.7 Å². The quantitative estimate of drug-likeness (QED) is 0.767. The molecular weight excluding hydrogens is 204 g/mol. The standard InChI is InChI=1S/C13H12OS/c1-10(14)8-11-2-4-12(5-3-11)13-6-7-15-9-13/h2-7,9H,8H2,1H3. The van der Waals surface area contributed by atoms with Crippen LogP contribution in [-0.2, 0) is 11.2 Å². The molecule has 0 N–H and O–H groups in total. The lowest BCUT2D eigenvalue weighted by Gasteiger charge is -2.00. The molecule has 0 unspecified atom stereocenters. The number of thiophene rings is 1. The Balaban J connectivity index is 2.21. The number of Topliss-reactive ketones (excluding diaryl/α,β-unsaturated/α-hetero) is 1. The predicted octanol–water partition coefficient (Wildman–Crippen LogP) is 3.55. The van der Waals surface area contributed by atoms with E-state index in [-0.39, 0.29) is 5.78 Å². The van der Waals surface area contributed by atoms with Crippen LogP contribution in [0.4, 0.5) is 0 Å². The summed E-state index contributed by atoms with van der Waals surface area (Å²) < 4.78 is 0. The van der Waals surface area contributed by atoms with Gasteiger partial charge in [0.15, 0.2) is 0 Å². The van der Waals surface area contributed by atoms with Crippen LogP contribution in [0.3, 0.4) is 0 Å². The van der Waals surface area contributed by atoms with Gasteiger partial charge in [0, 0.05) is 6.42 Å². The molecular formula is C13H12OS. The number of carbonyl (C=O) groups excluding carboxylic acids is 1. The van der Waals surface area contributed by atoms with Crippen molar-refractivity contribution in [2.75, 3.05) is 0 Å². The minimum absolute atomic E-state index is 0.207. The number of carbonyl (C=O) groups is 1. The van der Waals surface area contributed by atoms with Gasteiger partial charge in [0.2, 0.25) is 0 Å². The van der Waals surface area contributed by atoms with Crippen LogP contribution in [0.2, 0.25) is 0 Å². The summed E-state index contributed by atoms with van der Waals surface area (Å²) in [6, 6.07) is 10.3. The van der Waals surface area contributed by atoms with Gasteiger partial charge in [0.25, 0.3) is 0 Å². The van der Waals surface area contributed by atoms with Gasteiger partial charge in [-0.05, 0) is 40.4 Å². The molecule has 2 aromatic rings. The molecule has 2 rings (SSSR count). The fraction of sp³-hybridized carbons (Fsp3) is 0.154. The van der Waals surface area contributed by atoms with Gasteiger partial charge in [-0.25, -0.2) is 0 Å². The first-order chi connectivity index (χ1) is 7.25. The van der Waals surface area contributed by atoms with Crippen LogP contribution in [0, 0.1) is 0 Å². The molecule has 0 amide bonds. The normalized spacial score (nSPS) is 10.2. The fourth-order valence-electron chi connectivity index (χ4n) is 1.53. The van der Waals surface area contributed by atoms with Crippen LogP contribution in [0.5, 0.6) is 0 Å². The fourth-order valence-corrected chi connectivity index (χ4v) is 2.20. The molecule has 1 aromatic carbocycles. The number of hydrogen-bond acceptors (Lipinski definition) is 2.